The Labute approximate surface area is 198 Å². The smallest absolute Gasteiger partial charge is 0.261 e. The van der Waals surface area contributed by atoms with Gasteiger partial charge in [0.25, 0.3) is 5.91 Å². The van der Waals surface area contributed by atoms with Gasteiger partial charge in [-0.05, 0) is 79.4 Å². The number of nitrogens with one attached hydrogen (secondary N) is 1. The molecule has 2 rings (SSSR count). The quantitative estimate of drug-likeness (QED) is 0.520. The van der Waals surface area contributed by atoms with E-state index >= 15 is 0 Å². The minimum atomic E-state index is -0.697. The molecule has 1 N–H and O–H groups in total. The van der Waals surface area contributed by atoms with Gasteiger partial charge in [0.2, 0.25) is 5.91 Å². The summed E-state index contributed by atoms with van der Waals surface area (Å²) in [5, 5.41) is 3.48. The zero-order valence-electron chi connectivity index (χ0n) is 18.7. The molecular formula is C24H30BrClN2O3. The number of nitrogens with zero attached hydrogens (tertiary/aromatic N) is 1. The number of rotatable bonds is 8. The molecule has 168 valence electrons. The van der Waals surface area contributed by atoms with E-state index in [2.05, 4.69) is 28.2 Å². The second kappa shape index (κ2) is 11.0. The summed E-state index contributed by atoms with van der Waals surface area (Å²) >= 11 is 9.80. The normalized spacial score (nSPS) is 12.2. The van der Waals surface area contributed by atoms with Crippen molar-refractivity contribution in [2.75, 3.05) is 6.61 Å². The van der Waals surface area contributed by atoms with Crippen molar-refractivity contribution < 1.29 is 14.3 Å². The molecule has 0 saturated carbocycles. The zero-order valence-corrected chi connectivity index (χ0v) is 21.0. The summed E-state index contributed by atoms with van der Waals surface area (Å²) in [6, 6.07) is 12.4. The Morgan fingerprint density at radius 3 is 2.45 bits per heavy atom. The van der Waals surface area contributed by atoms with Crippen molar-refractivity contribution in [2.45, 2.75) is 59.2 Å². The van der Waals surface area contributed by atoms with Crippen LogP contribution in [0.2, 0.25) is 5.02 Å². The van der Waals surface area contributed by atoms with Crippen LogP contribution in [0.15, 0.2) is 46.9 Å². The van der Waals surface area contributed by atoms with Gasteiger partial charge in [0.1, 0.15) is 11.8 Å². The molecule has 0 saturated heterocycles. The van der Waals surface area contributed by atoms with E-state index in [4.69, 9.17) is 16.3 Å². The predicted molar refractivity (Wildman–Crippen MR) is 128 cm³/mol. The van der Waals surface area contributed by atoms with Crippen molar-refractivity contribution in [2.24, 2.45) is 0 Å². The molecule has 0 heterocycles. The molecule has 0 aliphatic carbocycles. The van der Waals surface area contributed by atoms with E-state index in [9.17, 15) is 9.59 Å². The van der Waals surface area contributed by atoms with Crippen molar-refractivity contribution in [3.63, 3.8) is 0 Å². The van der Waals surface area contributed by atoms with Gasteiger partial charge < -0.3 is 15.0 Å². The molecular weight excluding hydrogens is 480 g/mol. The highest BCUT2D eigenvalue weighted by Crippen LogP contribution is 2.26. The van der Waals surface area contributed by atoms with Gasteiger partial charge in [-0.1, -0.05) is 42.8 Å². The van der Waals surface area contributed by atoms with Crippen molar-refractivity contribution in [3.8, 4) is 5.75 Å². The summed E-state index contributed by atoms with van der Waals surface area (Å²) < 4.78 is 6.56. The number of carbonyl (C=O) groups is 2. The lowest BCUT2D eigenvalue weighted by molar-refractivity contribution is -0.142. The first-order valence-corrected chi connectivity index (χ1v) is 11.4. The highest BCUT2D eigenvalue weighted by Gasteiger charge is 2.29. The molecule has 0 radical (unpaired) electrons. The van der Waals surface area contributed by atoms with Crippen LogP contribution in [0.1, 0.15) is 45.7 Å². The first-order chi connectivity index (χ1) is 14.5. The van der Waals surface area contributed by atoms with Gasteiger partial charge in [-0.2, -0.15) is 0 Å². The summed E-state index contributed by atoms with van der Waals surface area (Å²) in [7, 11) is 0. The Balaban J connectivity index is 2.21. The van der Waals surface area contributed by atoms with Gasteiger partial charge in [-0.15, -0.1) is 0 Å². The Morgan fingerprint density at radius 1 is 1.19 bits per heavy atom. The van der Waals surface area contributed by atoms with Gasteiger partial charge in [0, 0.05) is 17.1 Å². The third-order valence-electron chi connectivity index (χ3n) is 4.72. The van der Waals surface area contributed by atoms with Crippen molar-refractivity contribution in [1.29, 1.82) is 0 Å². The molecule has 0 aliphatic heterocycles. The molecule has 0 spiro atoms. The molecule has 0 aromatic heterocycles. The van der Waals surface area contributed by atoms with Crippen molar-refractivity contribution >= 4 is 39.3 Å². The number of benzene rings is 2. The molecule has 2 aromatic rings. The van der Waals surface area contributed by atoms with E-state index in [1.807, 2.05) is 57.2 Å². The summed E-state index contributed by atoms with van der Waals surface area (Å²) in [5.74, 6) is 0.0411. The number of hydrogen-bond donors (Lipinski definition) is 1. The molecule has 1 unspecified atom stereocenters. The van der Waals surface area contributed by atoms with Crippen LogP contribution in [0.4, 0.5) is 0 Å². The highest BCUT2D eigenvalue weighted by atomic mass is 79.9. The SMILES string of the molecule is CCc1ccc(OCC(=O)N(Cc2ccccc2Cl)C(C)C(=O)NC(C)(C)C)c(Br)c1. The lowest BCUT2D eigenvalue weighted by atomic mass is 10.1. The number of aryl methyl sites for hydroxylation is 1. The lowest BCUT2D eigenvalue weighted by Gasteiger charge is -2.31. The van der Waals surface area contributed by atoms with Crippen molar-refractivity contribution in [3.05, 3.63) is 63.1 Å². The molecule has 0 fully saturated rings. The Morgan fingerprint density at radius 2 is 1.87 bits per heavy atom. The standard InChI is InChI=1S/C24H30BrClN2O3/c1-6-17-11-12-21(19(25)13-17)31-15-22(29)28(14-18-9-7-8-10-20(18)26)16(2)23(30)27-24(3,4)5/h7-13,16H,6,14-15H2,1-5H3,(H,27,30). The van der Waals surface area contributed by atoms with Crippen LogP contribution >= 0.6 is 27.5 Å². The first kappa shape index (κ1) is 25.2. The van der Waals surface area contributed by atoms with Gasteiger partial charge >= 0.3 is 0 Å². The van der Waals surface area contributed by atoms with Gasteiger partial charge in [0.15, 0.2) is 6.61 Å². The molecule has 2 aromatic carbocycles. The average molecular weight is 510 g/mol. The molecule has 0 aliphatic rings. The number of hydrogen-bond acceptors (Lipinski definition) is 3. The van der Waals surface area contributed by atoms with Crippen LogP contribution in [0.3, 0.4) is 0 Å². The van der Waals surface area contributed by atoms with Gasteiger partial charge in [-0.25, -0.2) is 0 Å². The minimum absolute atomic E-state index is 0.193. The van der Waals surface area contributed by atoms with E-state index < -0.39 is 11.6 Å². The van der Waals surface area contributed by atoms with E-state index in [0.29, 0.717) is 10.8 Å². The summed E-state index contributed by atoms with van der Waals surface area (Å²) in [6.07, 6.45) is 0.907. The van der Waals surface area contributed by atoms with Gasteiger partial charge in [0.05, 0.1) is 4.47 Å². The molecule has 2 amide bonds. The zero-order chi connectivity index (χ0) is 23.2. The maximum absolute atomic E-state index is 13.1. The molecule has 7 heteroatoms. The highest BCUT2D eigenvalue weighted by molar-refractivity contribution is 9.10. The number of amides is 2. The fourth-order valence-corrected chi connectivity index (χ4v) is 3.71. The van der Waals surface area contributed by atoms with Gasteiger partial charge in [-0.3, -0.25) is 9.59 Å². The monoisotopic (exact) mass is 508 g/mol. The van der Waals surface area contributed by atoms with E-state index in [1.165, 1.54) is 10.5 Å². The van der Waals surface area contributed by atoms with E-state index in [1.54, 1.807) is 13.0 Å². The molecule has 1 atom stereocenters. The fourth-order valence-electron chi connectivity index (χ4n) is 2.97. The Hall–Kier alpha value is -2.05. The number of halogens is 2. The third kappa shape index (κ3) is 7.54. The average Bonchev–Trinajstić information content (AvgIpc) is 2.70. The second-order valence-electron chi connectivity index (χ2n) is 8.44. The van der Waals surface area contributed by atoms with Crippen LogP contribution < -0.4 is 10.1 Å². The maximum Gasteiger partial charge on any atom is 0.261 e. The summed E-state index contributed by atoms with van der Waals surface area (Å²) in [4.78, 5) is 27.4. The molecule has 31 heavy (non-hydrogen) atoms. The molecule has 5 nitrogen and oxygen atoms in total. The fraction of sp³-hybridized carbons (Fsp3) is 0.417. The van der Waals surface area contributed by atoms with Crippen LogP contribution in [0, 0.1) is 0 Å². The number of ether oxygens (including phenoxy) is 1. The predicted octanol–water partition coefficient (Wildman–Crippen LogP) is 5.38. The van der Waals surface area contributed by atoms with E-state index in [0.717, 1.165) is 16.5 Å². The summed E-state index contributed by atoms with van der Waals surface area (Å²) in [6.45, 7) is 9.50. The van der Waals surface area contributed by atoms with Crippen LogP contribution in [0.25, 0.3) is 0 Å². The van der Waals surface area contributed by atoms with Crippen LogP contribution in [-0.4, -0.2) is 34.9 Å². The Bertz CT molecular complexity index is 927. The third-order valence-corrected chi connectivity index (χ3v) is 5.71. The Kier molecular flexibility index (Phi) is 8.95. The van der Waals surface area contributed by atoms with Crippen LogP contribution in [0.5, 0.6) is 5.75 Å². The largest absolute Gasteiger partial charge is 0.483 e. The number of carbonyl (C=O) groups excluding carboxylic acids is 2. The molecule has 0 bridgehead atoms. The summed E-state index contributed by atoms with van der Waals surface area (Å²) in [5.41, 5.74) is 1.52. The minimum Gasteiger partial charge on any atom is -0.483 e. The van der Waals surface area contributed by atoms with Crippen molar-refractivity contribution in [1.82, 2.24) is 10.2 Å². The first-order valence-electron chi connectivity index (χ1n) is 10.3. The van der Waals surface area contributed by atoms with E-state index in [-0.39, 0.29) is 25.0 Å². The second-order valence-corrected chi connectivity index (χ2v) is 9.70. The topological polar surface area (TPSA) is 58.6 Å². The maximum atomic E-state index is 13.1. The van der Waals surface area contributed by atoms with Crippen LogP contribution in [-0.2, 0) is 22.6 Å². The lowest BCUT2D eigenvalue weighted by Crippen LogP contribution is -2.53.